The highest BCUT2D eigenvalue weighted by Crippen LogP contribution is 2.53. The van der Waals surface area contributed by atoms with Gasteiger partial charge in [0.15, 0.2) is 0 Å². The molecule has 0 saturated carbocycles. The van der Waals surface area contributed by atoms with Gasteiger partial charge in [0.25, 0.3) is 0 Å². The minimum Gasteiger partial charge on any atom is -0.334 e. The van der Waals surface area contributed by atoms with Gasteiger partial charge in [-0.05, 0) is 69.1 Å². The SMILES string of the molecule is C1=CC2c3ccccc3N3c4cc(-c5ccccc5)cc5c4B(C(=C1)C23)c1cc(-c2ccccc2)cc2c3ccccc3n-5c12. The zero-order valence-corrected chi connectivity index (χ0v) is 24.6. The van der Waals surface area contributed by atoms with Crippen molar-refractivity contribution >= 4 is 50.8 Å². The number of allylic oxidation sites excluding steroid dienone is 2. The number of hydrogen-bond donors (Lipinski definition) is 0. The van der Waals surface area contributed by atoms with E-state index in [-0.39, 0.29) is 12.8 Å². The van der Waals surface area contributed by atoms with E-state index in [1.165, 1.54) is 83.1 Å². The largest absolute Gasteiger partial charge is 0.334 e. The predicted octanol–water partition coefficient (Wildman–Crippen LogP) is 8.69. The normalized spacial score (nSPS) is 18.2. The highest BCUT2D eigenvalue weighted by Gasteiger charge is 2.52. The number of nitrogens with zero attached hydrogens (tertiary/aromatic N) is 2. The van der Waals surface area contributed by atoms with E-state index in [4.69, 9.17) is 0 Å². The molecule has 45 heavy (non-hydrogen) atoms. The molecule has 6 aromatic carbocycles. The Hall–Kier alpha value is -5.54. The van der Waals surface area contributed by atoms with Gasteiger partial charge in [-0.2, -0.15) is 0 Å². The molecule has 7 aromatic rings. The minimum absolute atomic E-state index is 0.172. The molecule has 3 heteroatoms. The van der Waals surface area contributed by atoms with E-state index >= 15 is 0 Å². The molecular weight excluding hydrogens is 543 g/mol. The van der Waals surface area contributed by atoms with Crippen LogP contribution in [-0.4, -0.2) is 17.3 Å². The van der Waals surface area contributed by atoms with Crippen LogP contribution in [0.3, 0.4) is 0 Å². The standard InChI is InChI=1S/C42H27BN2/c1-3-12-26(13-4-1)28-22-33-31-17-8-10-21-37(31)45-39-25-29(27-14-5-2-6-15-27)24-38-40(39)43(35(23-28)42(33)45)34-19-11-18-32-30-16-7-9-20-36(30)44(38)41(32)34/h1-25,32,41H. The van der Waals surface area contributed by atoms with E-state index in [1.807, 2.05) is 0 Å². The molecule has 4 heterocycles. The van der Waals surface area contributed by atoms with Crippen LogP contribution < -0.4 is 15.8 Å². The summed E-state index contributed by atoms with van der Waals surface area (Å²) in [7, 11) is 0. The van der Waals surface area contributed by atoms with Gasteiger partial charge < -0.3 is 9.47 Å². The molecule has 0 amide bonds. The topological polar surface area (TPSA) is 8.17 Å². The van der Waals surface area contributed by atoms with Gasteiger partial charge in [-0.25, -0.2) is 0 Å². The third-order valence-corrected chi connectivity index (χ3v) is 10.7. The summed E-state index contributed by atoms with van der Waals surface area (Å²) in [6.45, 7) is 0.172. The molecule has 0 saturated heterocycles. The van der Waals surface area contributed by atoms with Crippen LogP contribution in [0.4, 0.5) is 11.4 Å². The van der Waals surface area contributed by atoms with Crippen molar-refractivity contribution < 1.29 is 0 Å². The van der Waals surface area contributed by atoms with Gasteiger partial charge in [-0.1, -0.05) is 127 Å². The van der Waals surface area contributed by atoms with E-state index in [0.717, 1.165) is 0 Å². The van der Waals surface area contributed by atoms with E-state index < -0.39 is 0 Å². The van der Waals surface area contributed by atoms with Crippen LogP contribution in [0.15, 0.2) is 157 Å². The minimum atomic E-state index is 0.172. The Kier molecular flexibility index (Phi) is 4.53. The lowest BCUT2D eigenvalue weighted by Crippen LogP contribution is -2.59. The molecule has 0 spiro atoms. The molecule has 2 nitrogen and oxygen atoms in total. The predicted molar refractivity (Wildman–Crippen MR) is 189 cm³/mol. The Bertz CT molecular complexity index is 2450. The van der Waals surface area contributed by atoms with Crippen molar-refractivity contribution in [1.82, 2.24) is 4.57 Å². The van der Waals surface area contributed by atoms with Crippen molar-refractivity contribution in [1.29, 1.82) is 0 Å². The number of benzene rings is 6. The fourth-order valence-corrected chi connectivity index (χ4v) is 8.96. The van der Waals surface area contributed by atoms with Crippen LogP contribution in [-0.2, 0) is 0 Å². The van der Waals surface area contributed by atoms with Gasteiger partial charge in [-0.3, -0.25) is 0 Å². The van der Waals surface area contributed by atoms with Gasteiger partial charge >= 0.3 is 0 Å². The molecule has 2 atom stereocenters. The monoisotopic (exact) mass is 570 g/mol. The van der Waals surface area contributed by atoms with Crippen LogP contribution in [0.5, 0.6) is 0 Å². The third-order valence-electron chi connectivity index (χ3n) is 10.7. The van der Waals surface area contributed by atoms with Crippen LogP contribution in [0.25, 0.3) is 49.7 Å². The Labute approximate surface area is 262 Å². The molecule has 0 bridgehead atoms. The van der Waals surface area contributed by atoms with E-state index in [0.29, 0.717) is 5.92 Å². The second-order valence-electron chi connectivity index (χ2n) is 12.9. The van der Waals surface area contributed by atoms with E-state index in [2.05, 4.69) is 161 Å². The Balaban J connectivity index is 1.33. The lowest BCUT2D eigenvalue weighted by Gasteiger charge is -2.45. The van der Waals surface area contributed by atoms with Crippen molar-refractivity contribution in [2.45, 2.75) is 12.0 Å². The van der Waals surface area contributed by atoms with Crippen molar-refractivity contribution in [3.8, 4) is 27.9 Å². The molecule has 0 fully saturated rings. The van der Waals surface area contributed by atoms with Crippen molar-refractivity contribution in [3.05, 3.63) is 163 Å². The summed E-state index contributed by atoms with van der Waals surface area (Å²) < 4.78 is 2.58. The van der Waals surface area contributed by atoms with Gasteiger partial charge in [0.1, 0.15) is 0 Å². The van der Waals surface area contributed by atoms with E-state index in [9.17, 15) is 0 Å². The third kappa shape index (κ3) is 3.00. The Morgan fingerprint density at radius 3 is 2.07 bits per heavy atom. The number of aromatic nitrogens is 1. The van der Waals surface area contributed by atoms with E-state index in [1.54, 1.807) is 0 Å². The molecule has 4 aliphatic rings. The van der Waals surface area contributed by atoms with Crippen LogP contribution >= 0.6 is 0 Å². The molecule has 3 aliphatic heterocycles. The average molecular weight is 571 g/mol. The van der Waals surface area contributed by atoms with Crippen molar-refractivity contribution in [2.75, 3.05) is 4.90 Å². The maximum atomic E-state index is 2.67. The zero-order valence-electron chi connectivity index (χ0n) is 24.6. The maximum Gasteiger partial charge on any atom is 0.247 e. The summed E-state index contributed by atoms with van der Waals surface area (Å²) in [5.41, 5.74) is 17.4. The summed E-state index contributed by atoms with van der Waals surface area (Å²) in [6, 6.07) is 50.0. The fraction of sp³-hybridized carbons (Fsp3) is 0.0476. The molecule has 2 unspecified atom stereocenters. The second-order valence-corrected chi connectivity index (χ2v) is 12.9. The second kappa shape index (κ2) is 8.55. The van der Waals surface area contributed by atoms with Crippen molar-refractivity contribution in [3.63, 3.8) is 0 Å². The summed E-state index contributed by atoms with van der Waals surface area (Å²) >= 11 is 0. The number of hydrogen-bond acceptors (Lipinski definition) is 1. The van der Waals surface area contributed by atoms with Gasteiger partial charge in [-0.15, -0.1) is 0 Å². The number of fused-ring (bicyclic) bond motifs is 10. The molecule has 208 valence electrons. The number of para-hydroxylation sites is 2. The molecular formula is C42H27BN2. The fourth-order valence-electron chi connectivity index (χ4n) is 8.96. The molecule has 0 radical (unpaired) electrons. The molecule has 1 aliphatic carbocycles. The average Bonchev–Trinajstić information content (AvgIpc) is 3.63. The summed E-state index contributed by atoms with van der Waals surface area (Å²) in [6.07, 6.45) is 7.18. The quantitative estimate of drug-likeness (QED) is 0.189. The summed E-state index contributed by atoms with van der Waals surface area (Å²) in [5, 5.41) is 2.64. The van der Waals surface area contributed by atoms with Crippen LogP contribution in [0.2, 0.25) is 0 Å². The first-order valence-corrected chi connectivity index (χ1v) is 16.0. The maximum absolute atomic E-state index is 2.67. The first-order valence-electron chi connectivity index (χ1n) is 16.0. The highest BCUT2D eigenvalue weighted by atomic mass is 15.2. The van der Waals surface area contributed by atoms with Gasteiger partial charge in [0.05, 0.1) is 11.6 Å². The van der Waals surface area contributed by atoms with Crippen LogP contribution in [0.1, 0.15) is 11.5 Å². The summed E-state index contributed by atoms with van der Waals surface area (Å²) in [4.78, 5) is 2.67. The van der Waals surface area contributed by atoms with Gasteiger partial charge in [0, 0.05) is 39.3 Å². The first kappa shape index (κ1) is 23.9. The first-order chi connectivity index (χ1) is 22.3. The molecule has 1 aromatic heterocycles. The Morgan fingerprint density at radius 1 is 0.556 bits per heavy atom. The van der Waals surface area contributed by atoms with Gasteiger partial charge in [0.2, 0.25) is 6.71 Å². The Morgan fingerprint density at radius 2 is 1.24 bits per heavy atom. The highest BCUT2D eigenvalue weighted by molar-refractivity contribution is 6.95. The number of anilines is 2. The lowest BCUT2D eigenvalue weighted by molar-refractivity contribution is 0.726. The number of rotatable bonds is 2. The zero-order chi connectivity index (χ0) is 29.2. The lowest BCUT2D eigenvalue weighted by atomic mass is 9.31. The molecule has 0 N–H and O–H groups in total. The van der Waals surface area contributed by atoms with Crippen molar-refractivity contribution in [2.24, 2.45) is 0 Å². The molecule has 11 rings (SSSR count). The smallest absolute Gasteiger partial charge is 0.247 e. The summed E-state index contributed by atoms with van der Waals surface area (Å²) in [5.74, 6) is 0.332. The van der Waals surface area contributed by atoms with Crippen LogP contribution in [0, 0.1) is 0 Å².